The second-order valence-corrected chi connectivity index (χ2v) is 3.00. The number of carbonyl (C=O) groups is 1. The molecule has 0 aliphatic heterocycles. The Balaban J connectivity index is 3.01. The summed E-state index contributed by atoms with van der Waals surface area (Å²) in [6.45, 7) is 4.80. The molecule has 0 bridgehead atoms. The van der Waals surface area contributed by atoms with Crippen LogP contribution in [0.25, 0.3) is 0 Å². The molecule has 0 radical (unpaired) electrons. The predicted octanol–water partition coefficient (Wildman–Crippen LogP) is 1.09. The highest BCUT2D eigenvalue weighted by Gasteiger charge is 2.10. The fraction of sp³-hybridized carbons (Fsp3) is 0.364. The molecule has 0 spiro atoms. The Morgan fingerprint density at radius 1 is 1.25 bits per heavy atom. The van der Waals surface area contributed by atoms with Crippen LogP contribution in [-0.4, -0.2) is 19.1 Å². The third kappa shape index (κ3) is 2.87. The molecule has 1 rings (SSSR count). The van der Waals surface area contributed by atoms with Crippen LogP contribution < -0.4 is 20.7 Å². The summed E-state index contributed by atoms with van der Waals surface area (Å²) in [5.74, 6) is 5.87. The van der Waals surface area contributed by atoms with Crippen molar-refractivity contribution in [2.24, 2.45) is 5.84 Å². The largest absolute Gasteiger partial charge is 0.490 e. The fourth-order valence-electron chi connectivity index (χ4n) is 1.28. The molecule has 0 heterocycles. The average molecular weight is 224 g/mol. The molecule has 5 heteroatoms. The van der Waals surface area contributed by atoms with Crippen LogP contribution in [0.15, 0.2) is 18.2 Å². The van der Waals surface area contributed by atoms with Gasteiger partial charge in [0, 0.05) is 5.56 Å². The van der Waals surface area contributed by atoms with Crippen molar-refractivity contribution < 1.29 is 14.3 Å². The van der Waals surface area contributed by atoms with Gasteiger partial charge in [-0.1, -0.05) is 0 Å². The van der Waals surface area contributed by atoms with Crippen LogP contribution in [0.2, 0.25) is 0 Å². The van der Waals surface area contributed by atoms with Crippen LogP contribution in [0.5, 0.6) is 11.5 Å². The Labute approximate surface area is 94.5 Å². The van der Waals surface area contributed by atoms with Crippen molar-refractivity contribution in [1.29, 1.82) is 0 Å². The van der Waals surface area contributed by atoms with Gasteiger partial charge in [-0.15, -0.1) is 0 Å². The summed E-state index contributed by atoms with van der Waals surface area (Å²) in [7, 11) is 0. The number of rotatable bonds is 5. The van der Waals surface area contributed by atoms with Gasteiger partial charge in [-0.05, 0) is 32.0 Å². The third-order valence-corrected chi connectivity index (χ3v) is 1.94. The maximum absolute atomic E-state index is 11.3. The van der Waals surface area contributed by atoms with E-state index in [1.807, 2.05) is 13.8 Å². The number of hydrogen-bond acceptors (Lipinski definition) is 4. The van der Waals surface area contributed by atoms with Crippen LogP contribution in [0.3, 0.4) is 0 Å². The van der Waals surface area contributed by atoms with E-state index < -0.39 is 0 Å². The van der Waals surface area contributed by atoms with Crippen molar-refractivity contribution in [3.8, 4) is 11.5 Å². The molecule has 0 aliphatic rings. The lowest BCUT2D eigenvalue weighted by atomic mass is 10.2. The van der Waals surface area contributed by atoms with Crippen molar-refractivity contribution in [2.45, 2.75) is 13.8 Å². The van der Waals surface area contributed by atoms with Crippen molar-refractivity contribution in [1.82, 2.24) is 5.43 Å². The molecule has 3 N–H and O–H groups in total. The molecule has 0 saturated carbocycles. The summed E-state index contributed by atoms with van der Waals surface area (Å²) in [5, 5.41) is 0. The molecule has 0 saturated heterocycles. The van der Waals surface area contributed by atoms with Gasteiger partial charge in [-0.2, -0.15) is 0 Å². The molecule has 1 aromatic rings. The first kappa shape index (κ1) is 12.3. The molecule has 1 amide bonds. The number of amides is 1. The second-order valence-electron chi connectivity index (χ2n) is 3.00. The lowest BCUT2D eigenvalue weighted by molar-refractivity contribution is 0.0953. The minimum absolute atomic E-state index is 0.357. The van der Waals surface area contributed by atoms with Gasteiger partial charge in [-0.25, -0.2) is 5.84 Å². The third-order valence-electron chi connectivity index (χ3n) is 1.94. The summed E-state index contributed by atoms with van der Waals surface area (Å²) in [5.41, 5.74) is 2.51. The minimum Gasteiger partial charge on any atom is -0.490 e. The maximum Gasteiger partial charge on any atom is 0.265 e. The maximum atomic E-state index is 11.3. The zero-order chi connectivity index (χ0) is 12.0. The first-order valence-corrected chi connectivity index (χ1v) is 5.13. The van der Waals surface area contributed by atoms with Gasteiger partial charge in [0.05, 0.1) is 13.2 Å². The van der Waals surface area contributed by atoms with E-state index in [2.05, 4.69) is 5.43 Å². The number of ether oxygens (including phenoxy) is 2. The number of nitrogens with one attached hydrogen (secondary N) is 1. The standard InChI is InChI=1S/C11H16N2O3/c1-3-15-9-6-5-8(11(14)13-12)7-10(9)16-4-2/h5-7H,3-4,12H2,1-2H3,(H,13,14). The lowest BCUT2D eigenvalue weighted by Gasteiger charge is -2.11. The van der Waals surface area contributed by atoms with Gasteiger partial charge >= 0.3 is 0 Å². The zero-order valence-corrected chi connectivity index (χ0v) is 9.45. The van der Waals surface area contributed by atoms with E-state index in [9.17, 15) is 4.79 Å². The van der Waals surface area contributed by atoms with Crippen molar-refractivity contribution in [2.75, 3.05) is 13.2 Å². The summed E-state index contributed by atoms with van der Waals surface area (Å²) in [6.07, 6.45) is 0. The van der Waals surface area contributed by atoms with E-state index in [-0.39, 0.29) is 5.91 Å². The molecule has 16 heavy (non-hydrogen) atoms. The molecule has 0 aromatic heterocycles. The Kier molecular flexibility index (Phi) is 4.60. The monoisotopic (exact) mass is 224 g/mol. The summed E-state index contributed by atoms with van der Waals surface area (Å²) < 4.78 is 10.7. The van der Waals surface area contributed by atoms with Crippen molar-refractivity contribution in [3.05, 3.63) is 23.8 Å². The molecular weight excluding hydrogens is 208 g/mol. The van der Waals surface area contributed by atoms with Gasteiger partial charge in [0.25, 0.3) is 5.91 Å². The molecule has 0 fully saturated rings. The van der Waals surface area contributed by atoms with E-state index in [0.717, 1.165) is 0 Å². The molecule has 88 valence electrons. The van der Waals surface area contributed by atoms with Gasteiger partial charge in [0.2, 0.25) is 0 Å². The van der Waals surface area contributed by atoms with E-state index in [0.29, 0.717) is 30.3 Å². The number of carbonyl (C=O) groups excluding carboxylic acids is 1. The quantitative estimate of drug-likeness (QED) is 0.446. The highest BCUT2D eigenvalue weighted by atomic mass is 16.5. The summed E-state index contributed by atoms with van der Waals surface area (Å²) in [4.78, 5) is 11.3. The van der Waals surface area contributed by atoms with Crippen molar-refractivity contribution in [3.63, 3.8) is 0 Å². The smallest absolute Gasteiger partial charge is 0.265 e. The SMILES string of the molecule is CCOc1ccc(C(=O)NN)cc1OCC. The van der Waals surface area contributed by atoms with Crippen LogP contribution in [0.1, 0.15) is 24.2 Å². The molecule has 0 unspecified atom stereocenters. The highest BCUT2D eigenvalue weighted by Crippen LogP contribution is 2.28. The lowest BCUT2D eigenvalue weighted by Crippen LogP contribution is -2.29. The number of hydrogen-bond donors (Lipinski definition) is 2. The van der Waals surface area contributed by atoms with Crippen LogP contribution in [0, 0.1) is 0 Å². The van der Waals surface area contributed by atoms with Crippen LogP contribution >= 0.6 is 0 Å². The van der Waals surface area contributed by atoms with Gasteiger partial charge < -0.3 is 9.47 Å². The predicted molar refractivity (Wildman–Crippen MR) is 60.4 cm³/mol. The molecule has 5 nitrogen and oxygen atoms in total. The highest BCUT2D eigenvalue weighted by molar-refractivity contribution is 5.94. The Morgan fingerprint density at radius 3 is 2.44 bits per heavy atom. The van der Waals surface area contributed by atoms with Crippen LogP contribution in [0.4, 0.5) is 0 Å². The minimum atomic E-state index is -0.357. The summed E-state index contributed by atoms with van der Waals surface area (Å²) >= 11 is 0. The van der Waals surface area contributed by atoms with E-state index in [1.165, 1.54) is 0 Å². The Hall–Kier alpha value is -1.75. The zero-order valence-electron chi connectivity index (χ0n) is 9.45. The first-order chi connectivity index (χ1) is 7.72. The van der Waals surface area contributed by atoms with Gasteiger partial charge in [0.1, 0.15) is 0 Å². The van der Waals surface area contributed by atoms with E-state index >= 15 is 0 Å². The number of benzene rings is 1. The summed E-state index contributed by atoms with van der Waals surface area (Å²) in [6, 6.07) is 4.94. The number of hydrazine groups is 1. The van der Waals surface area contributed by atoms with Crippen molar-refractivity contribution >= 4 is 5.91 Å². The average Bonchev–Trinajstić information content (AvgIpc) is 2.31. The normalized spacial score (nSPS) is 9.69. The van der Waals surface area contributed by atoms with Gasteiger partial charge in [0.15, 0.2) is 11.5 Å². The molecule has 0 atom stereocenters. The Morgan fingerprint density at radius 2 is 1.88 bits per heavy atom. The first-order valence-electron chi connectivity index (χ1n) is 5.13. The second kappa shape index (κ2) is 5.97. The topological polar surface area (TPSA) is 73.6 Å². The van der Waals surface area contributed by atoms with E-state index in [4.69, 9.17) is 15.3 Å². The number of nitrogens with two attached hydrogens (primary N) is 1. The Bertz CT molecular complexity index is 366. The number of nitrogen functional groups attached to an aromatic ring is 1. The van der Waals surface area contributed by atoms with Crippen LogP contribution in [-0.2, 0) is 0 Å². The molecule has 1 aromatic carbocycles. The molecule has 0 aliphatic carbocycles. The van der Waals surface area contributed by atoms with E-state index in [1.54, 1.807) is 18.2 Å². The fourth-order valence-corrected chi connectivity index (χ4v) is 1.28. The van der Waals surface area contributed by atoms with Gasteiger partial charge in [-0.3, -0.25) is 10.2 Å². The molecular formula is C11H16N2O3.